The monoisotopic (exact) mass is 380 g/mol. The van der Waals surface area contributed by atoms with Crippen LogP contribution in [0.5, 0.6) is 0 Å². The molecule has 1 unspecified atom stereocenters. The number of alkyl halides is 1. The van der Waals surface area contributed by atoms with E-state index >= 15 is 0 Å². The van der Waals surface area contributed by atoms with Crippen molar-refractivity contribution in [2.75, 3.05) is 12.4 Å². The van der Waals surface area contributed by atoms with Crippen molar-refractivity contribution < 1.29 is 4.79 Å². The lowest BCUT2D eigenvalue weighted by Gasteiger charge is -2.19. The second-order valence-corrected chi connectivity index (χ2v) is 6.56. The van der Waals surface area contributed by atoms with Crippen molar-refractivity contribution >= 4 is 51.6 Å². The van der Waals surface area contributed by atoms with Gasteiger partial charge in [-0.25, -0.2) is 0 Å². The van der Waals surface area contributed by atoms with Gasteiger partial charge in [-0.1, -0.05) is 47.5 Å². The molecule has 0 saturated carbocycles. The lowest BCUT2D eigenvalue weighted by molar-refractivity contribution is -0.118. The average molecular weight is 382 g/mol. The number of nitrogens with one attached hydrogen (secondary N) is 2. The van der Waals surface area contributed by atoms with E-state index in [-0.39, 0.29) is 17.7 Å². The number of amides is 1. The predicted molar refractivity (Wildman–Crippen MR) is 100 cm³/mol. The molecule has 0 aliphatic rings. The number of aromatic nitrogens is 1. The molecular formula is C18H15Cl3N2O. The molecule has 0 aliphatic heterocycles. The molecular weight excluding hydrogens is 367 g/mol. The third-order valence-electron chi connectivity index (χ3n) is 3.96. The zero-order valence-electron chi connectivity index (χ0n) is 12.7. The van der Waals surface area contributed by atoms with E-state index in [4.69, 9.17) is 34.8 Å². The maximum Gasteiger partial charge on any atom is 0.234 e. The minimum absolute atomic E-state index is 0.0744. The Bertz CT molecular complexity index is 876. The number of benzene rings is 2. The SMILES string of the molecule is O=C(CCl)NCC(c1ccc(Cl)cc1Cl)c1c[nH]c2ccccc12. The van der Waals surface area contributed by atoms with Crippen LogP contribution in [0.25, 0.3) is 10.9 Å². The molecule has 124 valence electrons. The van der Waals surface area contributed by atoms with E-state index in [1.807, 2.05) is 36.5 Å². The van der Waals surface area contributed by atoms with Crippen LogP contribution in [-0.4, -0.2) is 23.3 Å². The Morgan fingerprint density at radius 2 is 1.92 bits per heavy atom. The van der Waals surface area contributed by atoms with E-state index in [0.717, 1.165) is 22.0 Å². The van der Waals surface area contributed by atoms with E-state index in [2.05, 4.69) is 10.3 Å². The summed E-state index contributed by atoms with van der Waals surface area (Å²) in [6, 6.07) is 13.4. The van der Waals surface area contributed by atoms with Crippen LogP contribution in [0.4, 0.5) is 0 Å². The second-order valence-electron chi connectivity index (χ2n) is 5.45. The molecule has 3 rings (SSSR count). The molecule has 2 N–H and O–H groups in total. The molecule has 0 radical (unpaired) electrons. The number of carbonyl (C=O) groups excluding carboxylic acids is 1. The molecule has 0 bridgehead atoms. The molecule has 6 heteroatoms. The van der Waals surface area contributed by atoms with Gasteiger partial charge in [0, 0.05) is 39.6 Å². The van der Waals surface area contributed by atoms with Gasteiger partial charge in [0.05, 0.1) is 0 Å². The third kappa shape index (κ3) is 3.54. The Labute approximate surface area is 154 Å². The fraction of sp³-hybridized carbons (Fsp3) is 0.167. The van der Waals surface area contributed by atoms with E-state index in [9.17, 15) is 4.79 Å². The number of aromatic amines is 1. The van der Waals surface area contributed by atoms with Gasteiger partial charge in [0.25, 0.3) is 0 Å². The maximum absolute atomic E-state index is 11.6. The van der Waals surface area contributed by atoms with E-state index < -0.39 is 0 Å². The molecule has 0 fully saturated rings. The van der Waals surface area contributed by atoms with Crippen molar-refractivity contribution in [3.63, 3.8) is 0 Å². The zero-order valence-corrected chi connectivity index (χ0v) is 14.9. The number of fused-ring (bicyclic) bond motifs is 1. The molecule has 3 nitrogen and oxygen atoms in total. The standard InChI is InChI=1S/C18H15Cl3N2O/c19-8-18(24)23-10-14(12-6-5-11(20)7-16(12)21)15-9-22-17-4-2-1-3-13(15)17/h1-7,9,14,22H,8,10H2,(H,23,24). The molecule has 24 heavy (non-hydrogen) atoms. The van der Waals surface area contributed by atoms with Crippen molar-refractivity contribution in [2.24, 2.45) is 0 Å². The number of hydrogen-bond donors (Lipinski definition) is 2. The Balaban J connectivity index is 2.06. The smallest absolute Gasteiger partial charge is 0.234 e. The molecule has 2 aromatic carbocycles. The van der Waals surface area contributed by atoms with Gasteiger partial charge in [-0.15, -0.1) is 11.6 Å². The van der Waals surface area contributed by atoms with Crippen LogP contribution >= 0.6 is 34.8 Å². The van der Waals surface area contributed by atoms with Crippen LogP contribution in [0.3, 0.4) is 0 Å². The molecule has 1 aromatic heterocycles. The number of hydrogen-bond acceptors (Lipinski definition) is 1. The summed E-state index contributed by atoms with van der Waals surface area (Å²) in [6.07, 6.45) is 1.95. The van der Waals surface area contributed by atoms with Gasteiger partial charge in [0.1, 0.15) is 5.88 Å². The molecule has 1 amide bonds. The number of carbonyl (C=O) groups is 1. The Kier molecular flexibility index (Phi) is 5.34. The fourth-order valence-corrected chi connectivity index (χ4v) is 3.45. The minimum Gasteiger partial charge on any atom is -0.361 e. The summed E-state index contributed by atoms with van der Waals surface area (Å²) in [5.41, 5.74) is 3.00. The summed E-state index contributed by atoms with van der Waals surface area (Å²) in [5.74, 6) is -0.403. The van der Waals surface area contributed by atoms with Gasteiger partial charge >= 0.3 is 0 Å². The minimum atomic E-state index is -0.216. The molecule has 1 heterocycles. The van der Waals surface area contributed by atoms with Crippen LogP contribution in [0, 0.1) is 0 Å². The molecule has 0 aliphatic carbocycles. The van der Waals surface area contributed by atoms with Crippen LogP contribution in [0.2, 0.25) is 10.0 Å². The van der Waals surface area contributed by atoms with Crippen molar-refractivity contribution in [3.8, 4) is 0 Å². The lowest BCUT2D eigenvalue weighted by Crippen LogP contribution is -2.29. The summed E-state index contributed by atoms with van der Waals surface area (Å²) in [7, 11) is 0. The van der Waals surface area contributed by atoms with E-state index in [1.54, 1.807) is 12.1 Å². The van der Waals surface area contributed by atoms with Crippen LogP contribution in [0.1, 0.15) is 17.0 Å². The summed E-state index contributed by atoms with van der Waals surface area (Å²) < 4.78 is 0. The largest absolute Gasteiger partial charge is 0.361 e. The van der Waals surface area contributed by atoms with Crippen LogP contribution < -0.4 is 5.32 Å². The first-order valence-electron chi connectivity index (χ1n) is 7.43. The highest BCUT2D eigenvalue weighted by Crippen LogP contribution is 2.35. The van der Waals surface area contributed by atoms with E-state index in [0.29, 0.717) is 16.6 Å². The van der Waals surface area contributed by atoms with Gasteiger partial charge in [0.2, 0.25) is 5.91 Å². The number of para-hydroxylation sites is 1. The van der Waals surface area contributed by atoms with Gasteiger partial charge < -0.3 is 10.3 Å². The molecule has 0 spiro atoms. The summed E-state index contributed by atoms with van der Waals surface area (Å²) >= 11 is 18.0. The van der Waals surface area contributed by atoms with Gasteiger partial charge in [0.15, 0.2) is 0 Å². The van der Waals surface area contributed by atoms with Gasteiger partial charge in [-0.05, 0) is 29.3 Å². The Morgan fingerprint density at radius 1 is 1.12 bits per heavy atom. The Hall–Kier alpha value is -1.68. The maximum atomic E-state index is 11.6. The summed E-state index contributed by atoms with van der Waals surface area (Å²) in [6.45, 7) is 0.398. The van der Waals surface area contributed by atoms with Crippen LogP contribution in [0.15, 0.2) is 48.7 Å². The number of rotatable bonds is 5. The number of halogens is 3. The highest BCUT2D eigenvalue weighted by molar-refractivity contribution is 6.35. The quantitative estimate of drug-likeness (QED) is 0.603. The van der Waals surface area contributed by atoms with Crippen molar-refractivity contribution in [3.05, 3.63) is 69.8 Å². The average Bonchev–Trinajstić information content (AvgIpc) is 3.00. The normalized spacial score (nSPS) is 12.3. The predicted octanol–water partition coefficient (Wildman–Crippen LogP) is 4.96. The lowest BCUT2D eigenvalue weighted by atomic mass is 9.90. The van der Waals surface area contributed by atoms with E-state index in [1.165, 1.54) is 0 Å². The molecule has 0 saturated heterocycles. The van der Waals surface area contributed by atoms with Crippen LogP contribution in [-0.2, 0) is 4.79 Å². The van der Waals surface area contributed by atoms with Gasteiger partial charge in [-0.2, -0.15) is 0 Å². The van der Waals surface area contributed by atoms with Crippen molar-refractivity contribution in [1.29, 1.82) is 0 Å². The highest BCUT2D eigenvalue weighted by atomic mass is 35.5. The van der Waals surface area contributed by atoms with Gasteiger partial charge in [-0.3, -0.25) is 4.79 Å². The highest BCUT2D eigenvalue weighted by Gasteiger charge is 2.21. The first-order valence-corrected chi connectivity index (χ1v) is 8.73. The first kappa shape index (κ1) is 17.2. The van der Waals surface area contributed by atoms with Crippen molar-refractivity contribution in [1.82, 2.24) is 10.3 Å². The number of H-pyrrole nitrogens is 1. The Morgan fingerprint density at radius 3 is 2.67 bits per heavy atom. The summed E-state index contributed by atoms with van der Waals surface area (Å²) in [4.78, 5) is 14.9. The second kappa shape index (κ2) is 7.47. The molecule has 3 aromatic rings. The summed E-state index contributed by atoms with van der Waals surface area (Å²) in [5, 5.41) is 5.08. The third-order valence-corrected chi connectivity index (χ3v) is 4.76. The topological polar surface area (TPSA) is 44.9 Å². The molecule has 1 atom stereocenters. The zero-order chi connectivity index (χ0) is 17.1. The van der Waals surface area contributed by atoms with Crippen molar-refractivity contribution in [2.45, 2.75) is 5.92 Å². The first-order chi connectivity index (χ1) is 11.6. The fourth-order valence-electron chi connectivity index (χ4n) is 2.82.